The third-order valence-electron chi connectivity index (χ3n) is 2.90. The zero-order valence-corrected chi connectivity index (χ0v) is 11.1. The van der Waals surface area contributed by atoms with Gasteiger partial charge in [0, 0.05) is 18.9 Å². The van der Waals surface area contributed by atoms with Crippen LogP contribution >= 0.6 is 15.9 Å². The smallest absolute Gasteiger partial charge is 0.246 e. The zero-order chi connectivity index (χ0) is 12.3. The Kier molecular flexibility index (Phi) is 3.89. The summed E-state index contributed by atoms with van der Waals surface area (Å²) in [4.78, 5) is 22.1. The molecule has 0 N–H and O–H groups in total. The minimum Gasteiger partial charge on any atom is -0.329 e. The number of carbonyl (C=O) groups excluding carboxylic acids is 1. The Bertz CT molecular complexity index is 418. The van der Waals surface area contributed by atoms with Gasteiger partial charge in [-0.3, -0.25) is 4.79 Å². The van der Waals surface area contributed by atoms with E-state index >= 15 is 0 Å². The molecule has 0 spiro atoms. The Morgan fingerprint density at radius 2 is 2.18 bits per heavy atom. The van der Waals surface area contributed by atoms with Crippen LogP contribution in [-0.4, -0.2) is 27.3 Å². The van der Waals surface area contributed by atoms with Gasteiger partial charge in [-0.25, -0.2) is 9.97 Å². The SMILES string of the molecule is C=CC(=O)N1CCCCC1c1ncc(Br)cn1. The van der Waals surface area contributed by atoms with E-state index in [1.54, 1.807) is 17.3 Å². The van der Waals surface area contributed by atoms with E-state index in [1.807, 2.05) is 0 Å². The maximum Gasteiger partial charge on any atom is 0.246 e. The average Bonchev–Trinajstić information content (AvgIpc) is 2.39. The summed E-state index contributed by atoms with van der Waals surface area (Å²) in [5.41, 5.74) is 0. The number of nitrogens with zero attached hydrogens (tertiary/aromatic N) is 3. The first-order valence-corrected chi connectivity index (χ1v) is 6.42. The minimum atomic E-state index is -0.0405. The van der Waals surface area contributed by atoms with E-state index in [-0.39, 0.29) is 11.9 Å². The normalized spacial score (nSPS) is 20.1. The fourth-order valence-electron chi connectivity index (χ4n) is 2.08. The molecule has 2 rings (SSSR count). The predicted molar refractivity (Wildman–Crippen MR) is 68.2 cm³/mol. The number of hydrogen-bond acceptors (Lipinski definition) is 3. The Labute approximate surface area is 109 Å². The molecule has 1 aliphatic rings. The van der Waals surface area contributed by atoms with Crippen molar-refractivity contribution in [1.82, 2.24) is 14.9 Å². The molecular weight excluding hydrogens is 282 g/mol. The van der Waals surface area contributed by atoms with Crippen molar-refractivity contribution in [2.24, 2.45) is 0 Å². The molecule has 4 nitrogen and oxygen atoms in total. The number of likely N-dealkylation sites (tertiary alicyclic amines) is 1. The topological polar surface area (TPSA) is 46.1 Å². The molecular formula is C12H14BrN3O. The molecule has 1 aromatic heterocycles. The second-order valence-electron chi connectivity index (χ2n) is 4.01. The van der Waals surface area contributed by atoms with Crippen LogP contribution in [-0.2, 0) is 4.79 Å². The van der Waals surface area contributed by atoms with Crippen molar-refractivity contribution in [2.75, 3.05) is 6.54 Å². The highest BCUT2D eigenvalue weighted by Gasteiger charge is 2.28. The highest BCUT2D eigenvalue weighted by molar-refractivity contribution is 9.10. The van der Waals surface area contributed by atoms with Gasteiger partial charge >= 0.3 is 0 Å². The zero-order valence-electron chi connectivity index (χ0n) is 9.47. The lowest BCUT2D eigenvalue weighted by atomic mass is 10.0. The lowest BCUT2D eigenvalue weighted by molar-refractivity contribution is -0.129. The number of rotatable bonds is 2. The molecule has 1 saturated heterocycles. The van der Waals surface area contributed by atoms with Crippen molar-refractivity contribution in [1.29, 1.82) is 0 Å². The van der Waals surface area contributed by atoms with Crippen LogP contribution in [0.25, 0.3) is 0 Å². The number of aromatic nitrogens is 2. The molecule has 2 heterocycles. The summed E-state index contributed by atoms with van der Waals surface area (Å²) in [6.45, 7) is 4.30. The standard InChI is InChI=1S/C12H14BrN3O/c1-2-11(17)16-6-4-3-5-10(16)12-14-7-9(13)8-15-12/h2,7-8,10H,1,3-6H2. The van der Waals surface area contributed by atoms with Crippen molar-refractivity contribution in [2.45, 2.75) is 25.3 Å². The molecule has 0 bridgehead atoms. The van der Waals surface area contributed by atoms with E-state index in [2.05, 4.69) is 32.5 Å². The number of amides is 1. The van der Waals surface area contributed by atoms with Crippen molar-refractivity contribution < 1.29 is 4.79 Å². The van der Waals surface area contributed by atoms with Gasteiger partial charge in [0.1, 0.15) is 0 Å². The molecule has 0 aliphatic carbocycles. The molecule has 90 valence electrons. The number of carbonyl (C=O) groups is 1. The summed E-state index contributed by atoms with van der Waals surface area (Å²) in [7, 11) is 0. The summed E-state index contributed by atoms with van der Waals surface area (Å²) in [6, 6.07) is -0.0117. The summed E-state index contributed by atoms with van der Waals surface area (Å²) >= 11 is 3.31. The van der Waals surface area contributed by atoms with Crippen molar-refractivity contribution >= 4 is 21.8 Å². The van der Waals surface area contributed by atoms with Crippen LogP contribution in [0.3, 0.4) is 0 Å². The molecule has 0 aromatic carbocycles. The Morgan fingerprint density at radius 1 is 1.47 bits per heavy atom. The van der Waals surface area contributed by atoms with Gasteiger partial charge in [-0.05, 0) is 41.3 Å². The first-order chi connectivity index (χ1) is 8.22. The molecule has 1 aliphatic heterocycles. The van der Waals surface area contributed by atoms with Gasteiger partial charge in [-0.2, -0.15) is 0 Å². The summed E-state index contributed by atoms with van der Waals surface area (Å²) < 4.78 is 0.846. The van der Waals surface area contributed by atoms with Crippen molar-refractivity contribution in [3.63, 3.8) is 0 Å². The molecule has 1 atom stereocenters. The van der Waals surface area contributed by atoms with Gasteiger partial charge in [0.25, 0.3) is 0 Å². The lowest BCUT2D eigenvalue weighted by Gasteiger charge is -2.33. The third kappa shape index (κ3) is 2.72. The van der Waals surface area contributed by atoms with E-state index < -0.39 is 0 Å². The van der Waals surface area contributed by atoms with Crippen molar-refractivity contribution in [3.8, 4) is 0 Å². The highest BCUT2D eigenvalue weighted by atomic mass is 79.9. The molecule has 0 saturated carbocycles. The van der Waals surface area contributed by atoms with Crippen LogP contribution in [0, 0.1) is 0 Å². The Morgan fingerprint density at radius 3 is 2.82 bits per heavy atom. The van der Waals surface area contributed by atoms with Crippen LogP contribution < -0.4 is 0 Å². The monoisotopic (exact) mass is 295 g/mol. The van der Waals surface area contributed by atoms with Crippen LogP contribution in [0.4, 0.5) is 0 Å². The van der Waals surface area contributed by atoms with Gasteiger partial charge in [0.15, 0.2) is 5.82 Å². The Hall–Kier alpha value is -1.23. The maximum atomic E-state index is 11.8. The van der Waals surface area contributed by atoms with Crippen LogP contribution in [0.15, 0.2) is 29.5 Å². The van der Waals surface area contributed by atoms with Crippen LogP contribution in [0.1, 0.15) is 31.1 Å². The van der Waals surface area contributed by atoms with Crippen molar-refractivity contribution in [3.05, 3.63) is 35.3 Å². The predicted octanol–water partition coefficient (Wildman–Crippen LogP) is 2.48. The number of piperidine rings is 1. The molecule has 1 fully saturated rings. The average molecular weight is 296 g/mol. The van der Waals surface area contributed by atoms with E-state index in [0.29, 0.717) is 5.82 Å². The largest absolute Gasteiger partial charge is 0.329 e. The second kappa shape index (κ2) is 5.40. The lowest BCUT2D eigenvalue weighted by Crippen LogP contribution is -2.38. The van der Waals surface area contributed by atoms with Crippen LogP contribution in [0.5, 0.6) is 0 Å². The number of halogens is 1. The van der Waals surface area contributed by atoms with Gasteiger partial charge in [-0.1, -0.05) is 6.58 Å². The van der Waals surface area contributed by atoms with Gasteiger partial charge < -0.3 is 4.90 Å². The molecule has 1 amide bonds. The summed E-state index contributed by atoms with van der Waals surface area (Å²) in [6.07, 6.45) is 7.84. The summed E-state index contributed by atoms with van der Waals surface area (Å²) in [5, 5.41) is 0. The highest BCUT2D eigenvalue weighted by Crippen LogP contribution is 2.28. The van der Waals surface area contributed by atoms with E-state index in [4.69, 9.17) is 0 Å². The van der Waals surface area contributed by atoms with E-state index in [0.717, 1.165) is 30.3 Å². The molecule has 1 unspecified atom stereocenters. The van der Waals surface area contributed by atoms with Crippen LogP contribution in [0.2, 0.25) is 0 Å². The third-order valence-corrected chi connectivity index (χ3v) is 3.31. The Balaban J connectivity index is 2.24. The first-order valence-electron chi connectivity index (χ1n) is 5.63. The minimum absolute atomic E-state index is 0.0117. The summed E-state index contributed by atoms with van der Waals surface area (Å²) in [5.74, 6) is 0.671. The van der Waals surface area contributed by atoms with Gasteiger partial charge in [0.05, 0.1) is 10.5 Å². The van der Waals surface area contributed by atoms with E-state index in [1.165, 1.54) is 6.08 Å². The van der Waals surface area contributed by atoms with E-state index in [9.17, 15) is 4.79 Å². The second-order valence-corrected chi connectivity index (χ2v) is 4.92. The molecule has 5 heteroatoms. The van der Waals surface area contributed by atoms with Gasteiger partial charge in [-0.15, -0.1) is 0 Å². The maximum absolute atomic E-state index is 11.8. The van der Waals surface area contributed by atoms with Gasteiger partial charge in [0.2, 0.25) is 5.91 Å². The molecule has 17 heavy (non-hydrogen) atoms. The fraction of sp³-hybridized carbons (Fsp3) is 0.417. The quantitative estimate of drug-likeness (QED) is 0.788. The first kappa shape index (κ1) is 12.2. The number of hydrogen-bond donors (Lipinski definition) is 0. The molecule has 1 aromatic rings. The molecule has 0 radical (unpaired) electrons. The fourth-order valence-corrected chi connectivity index (χ4v) is 2.28.